The van der Waals surface area contributed by atoms with Crippen LogP contribution in [0, 0.1) is 6.92 Å². The fraction of sp³-hybridized carbons (Fsp3) is 0.333. The number of aromatic amines is 1. The molecule has 0 aliphatic heterocycles. The third-order valence-corrected chi connectivity index (χ3v) is 2.63. The monoisotopic (exact) mass is 216 g/mol. The Labute approximate surface area is 95.1 Å². The molecule has 2 rings (SSSR count). The maximum absolute atomic E-state index is 4.25. The molecule has 0 aromatic carbocycles. The molecule has 0 bridgehead atoms. The number of nitrogens with one attached hydrogen (secondary N) is 2. The van der Waals surface area contributed by atoms with Gasteiger partial charge in [-0.05, 0) is 25.5 Å². The Morgan fingerprint density at radius 2 is 2.25 bits per heavy atom. The van der Waals surface area contributed by atoms with Crippen LogP contribution >= 0.6 is 0 Å². The van der Waals surface area contributed by atoms with Gasteiger partial charge in [-0.2, -0.15) is 5.10 Å². The maximum Gasteiger partial charge on any atom is 0.151 e. The highest BCUT2D eigenvalue weighted by Gasteiger charge is 2.06. The molecule has 0 amide bonds. The van der Waals surface area contributed by atoms with E-state index in [1.54, 1.807) is 6.20 Å². The summed E-state index contributed by atoms with van der Waals surface area (Å²) in [6.07, 6.45) is 2.77. The van der Waals surface area contributed by atoms with Gasteiger partial charge in [0.15, 0.2) is 5.82 Å². The number of H-pyrrole nitrogens is 1. The van der Waals surface area contributed by atoms with Gasteiger partial charge in [0.1, 0.15) is 0 Å². The molecule has 4 heteroatoms. The van der Waals surface area contributed by atoms with Crippen LogP contribution in [0.25, 0.3) is 0 Å². The number of rotatable bonds is 4. The first-order valence-electron chi connectivity index (χ1n) is 5.49. The van der Waals surface area contributed by atoms with Gasteiger partial charge < -0.3 is 5.32 Å². The first-order chi connectivity index (χ1) is 7.81. The Balaban J connectivity index is 2.02. The summed E-state index contributed by atoms with van der Waals surface area (Å²) < 4.78 is 0. The van der Waals surface area contributed by atoms with E-state index in [1.807, 2.05) is 18.2 Å². The molecule has 0 unspecified atom stereocenters. The Morgan fingerprint density at radius 1 is 1.38 bits per heavy atom. The van der Waals surface area contributed by atoms with Crippen LogP contribution in [0.4, 0.5) is 5.82 Å². The molecule has 2 aromatic rings. The molecule has 84 valence electrons. The van der Waals surface area contributed by atoms with Crippen LogP contribution < -0.4 is 5.32 Å². The van der Waals surface area contributed by atoms with E-state index >= 15 is 0 Å². The summed E-state index contributed by atoms with van der Waals surface area (Å²) in [6, 6.07) is 5.90. The average Bonchev–Trinajstić information content (AvgIpc) is 2.69. The second-order valence-corrected chi connectivity index (χ2v) is 3.70. The van der Waals surface area contributed by atoms with Crippen molar-refractivity contribution >= 4 is 5.82 Å². The summed E-state index contributed by atoms with van der Waals surface area (Å²) in [5.41, 5.74) is 3.39. The maximum atomic E-state index is 4.25. The van der Waals surface area contributed by atoms with Crippen LogP contribution in [0.2, 0.25) is 0 Å². The fourth-order valence-electron chi connectivity index (χ4n) is 1.63. The molecule has 4 nitrogen and oxygen atoms in total. The predicted molar refractivity (Wildman–Crippen MR) is 64.3 cm³/mol. The Morgan fingerprint density at radius 3 is 2.88 bits per heavy atom. The molecular weight excluding hydrogens is 200 g/mol. The first-order valence-corrected chi connectivity index (χ1v) is 5.49. The minimum atomic E-state index is 0.704. The van der Waals surface area contributed by atoms with Gasteiger partial charge in [0, 0.05) is 17.5 Å². The second kappa shape index (κ2) is 4.79. The van der Waals surface area contributed by atoms with Gasteiger partial charge in [-0.15, -0.1) is 0 Å². The first kappa shape index (κ1) is 10.7. The van der Waals surface area contributed by atoms with E-state index in [2.05, 4.69) is 34.3 Å². The molecule has 0 radical (unpaired) electrons. The number of aryl methyl sites for hydroxylation is 1. The molecule has 2 heterocycles. The van der Waals surface area contributed by atoms with Gasteiger partial charge in [0.05, 0.1) is 12.2 Å². The highest BCUT2D eigenvalue weighted by atomic mass is 15.2. The zero-order chi connectivity index (χ0) is 11.4. The van der Waals surface area contributed by atoms with Crippen molar-refractivity contribution in [2.45, 2.75) is 26.8 Å². The van der Waals surface area contributed by atoms with E-state index in [9.17, 15) is 0 Å². The van der Waals surface area contributed by atoms with Crippen LogP contribution in [0.5, 0.6) is 0 Å². The fourth-order valence-corrected chi connectivity index (χ4v) is 1.63. The van der Waals surface area contributed by atoms with E-state index in [0.717, 1.165) is 17.9 Å². The average molecular weight is 216 g/mol. The SMILES string of the molecule is CCc1[nH]nc(NCc2ccccn2)c1C. The van der Waals surface area contributed by atoms with Crippen molar-refractivity contribution in [1.29, 1.82) is 0 Å². The summed E-state index contributed by atoms with van der Waals surface area (Å²) in [7, 11) is 0. The van der Waals surface area contributed by atoms with Crippen molar-refractivity contribution in [3.8, 4) is 0 Å². The van der Waals surface area contributed by atoms with E-state index < -0.39 is 0 Å². The third kappa shape index (κ3) is 2.21. The van der Waals surface area contributed by atoms with Crippen molar-refractivity contribution in [3.05, 3.63) is 41.3 Å². The van der Waals surface area contributed by atoms with Crippen molar-refractivity contribution in [3.63, 3.8) is 0 Å². The Hall–Kier alpha value is -1.84. The highest BCUT2D eigenvalue weighted by Crippen LogP contribution is 2.15. The largest absolute Gasteiger partial charge is 0.363 e. The lowest BCUT2D eigenvalue weighted by Gasteiger charge is -2.03. The summed E-state index contributed by atoms with van der Waals surface area (Å²) in [4.78, 5) is 4.25. The van der Waals surface area contributed by atoms with Crippen molar-refractivity contribution in [2.75, 3.05) is 5.32 Å². The van der Waals surface area contributed by atoms with Crippen molar-refractivity contribution in [1.82, 2.24) is 15.2 Å². The molecular formula is C12H16N4. The Bertz CT molecular complexity index is 447. The zero-order valence-electron chi connectivity index (χ0n) is 9.62. The van der Waals surface area contributed by atoms with E-state index in [-0.39, 0.29) is 0 Å². The third-order valence-electron chi connectivity index (χ3n) is 2.63. The van der Waals surface area contributed by atoms with Gasteiger partial charge in [0.25, 0.3) is 0 Å². The van der Waals surface area contributed by atoms with Crippen molar-refractivity contribution < 1.29 is 0 Å². The normalized spacial score (nSPS) is 10.4. The summed E-state index contributed by atoms with van der Waals surface area (Å²) in [5.74, 6) is 0.919. The minimum Gasteiger partial charge on any atom is -0.363 e. The van der Waals surface area contributed by atoms with Gasteiger partial charge in [-0.1, -0.05) is 13.0 Å². The van der Waals surface area contributed by atoms with Gasteiger partial charge in [-0.25, -0.2) is 0 Å². The van der Waals surface area contributed by atoms with Crippen LogP contribution in [-0.2, 0) is 13.0 Å². The molecule has 2 aromatic heterocycles. The van der Waals surface area contributed by atoms with E-state index in [0.29, 0.717) is 6.54 Å². The highest BCUT2D eigenvalue weighted by molar-refractivity contribution is 5.45. The Kier molecular flexibility index (Phi) is 3.19. The quantitative estimate of drug-likeness (QED) is 0.824. The molecule has 2 N–H and O–H groups in total. The van der Waals surface area contributed by atoms with Crippen LogP contribution in [0.1, 0.15) is 23.9 Å². The van der Waals surface area contributed by atoms with E-state index in [1.165, 1.54) is 11.3 Å². The number of pyridine rings is 1. The van der Waals surface area contributed by atoms with Gasteiger partial charge in [-0.3, -0.25) is 10.1 Å². The van der Waals surface area contributed by atoms with Crippen LogP contribution in [0.3, 0.4) is 0 Å². The smallest absolute Gasteiger partial charge is 0.151 e. The number of hydrogen-bond acceptors (Lipinski definition) is 3. The number of nitrogens with zero attached hydrogens (tertiary/aromatic N) is 2. The lowest BCUT2D eigenvalue weighted by Crippen LogP contribution is -2.02. The topological polar surface area (TPSA) is 53.6 Å². The minimum absolute atomic E-state index is 0.704. The molecule has 0 aliphatic rings. The predicted octanol–water partition coefficient (Wildman–Crippen LogP) is 2.29. The van der Waals surface area contributed by atoms with Crippen LogP contribution in [-0.4, -0.2) is 15.2 Å². The van der Waals surface area contributed by atoms with Gasteiger partial charge >= 0.3 is 0 Å². The molecule has 0 aliphatic carbocycles. The second-order valence-electron chi connectivity index (χ2n) is 3.70. The molecule has 0 atom stereocenters. The zero-order valence-corrected chi connectivity index (χ0v) is 9.62. The molecule has 0 fully saturated rings. The summed E-state index contributed by atoms with van der Waals surface area (Å²) in [5, 5.41) is 10.5. The lowest BCUT2D eigenvalue weighted by atomic mass is 10.2. The van der Waals surface area contributed by atoms with E-state index in [4.69, 9.17) is 0 Å². The summed E-state index contributed by atoms with van der Waals surface area (Å²) in [6.45, 7) is 4.89. The van der Waals surface area contributed by atoms with Crippen molar-refractivity contribution in [2.24, 2.45) is 0 Å². The number of hydrogen-bond donors (Lipinski definition) is 2. The molecule has 0 saturated carbocycles. The lowest BCUT2D eigenvalue weighted by molar-refractivity contribution is 0.961. The van der Waals surface area contributed by atoms with Gasteiger partial charge in [0.2, 0.25) is 0 Å². The molecule has 16 heavy (non-hydrogen) atoms. The molecule has 0 saturated heterocycles. The number of anilines is 1. The molecule has 0 spiro atoms. The number of aromatic nitrogens is 3. The standard InChI is InChI=1S/C12H16N4/c1-3-11-9(2)12(16-15-11)14-8-10-6-4-5-7-13-10/h4-7H,3,8H2,1-2H3,(H2,14,15,16). The summed E-state index contributed by atoms with van der Waals surface area (Å²) >= 11 is 0. The van der Waals surface area contributed by atoms with Crippen LogP contribution in [0.15, 0.2) is 24.4 Å².